The molecule has 0 amide bonds. The molecule has 1 nitrogen and oxygen atoms in total. The largest absolute Gasteiger partial charge is 0.326 e. The van der Waals surface area contributed by atoms with Gasteiger partial charge in [-0.25, -0.2) is 0 Å². The fourth-order valence-corrected chi connectivity index (χ4v) is 7.99. The van der Waals surface area contributed by atoms with Gasteiger partial charge in [-0.05, 0) is 32.1 Å². The monoisotopic (exact) mass is 676 g/mol. The van der Waals surface area contributed by atoms with Gasteiger partial charge in [-0.15, -0.1) is 0 Å². The second kappa shape index (κ2) is 40.6. The summed E-state index contributed by atoms with van der Waals surface area (Å²) in [4.78, 5) is 0. The van der Waals surface area contributed by atoms with E-state index in [0.717, 1.165) is 0 Å². The number of unbranched alkanes of at least 4 members (excludes halogenated alkanes) is 35. The number of nitrogens with zero attached hydrogens (tertiary/aromatic N) is 1. The first-order valence-corrected chi connectivity index (χ1v) is 23.4. The minimum absolute atomic E-state index is 1.17. The molecular formula is C45H93NSi+. The molecule has 0 unspecified atom stereocenters. The third-order valence-corrected chi connectivity index (χ3v) is 11.6. The molecule has 0 rings (SSSR count). The van der Waals surface area contributed by atoms with E-state index in [9.17, 15) is 0 Å². The summed E-state index contributed by atoms with van der Waals surface area (Å²) in [6.45, 7) is 8.85. The Labute approximate surface area is 304 Å². The van der Waals surface area contributed by atoms with Crippen LogP contribution in [0.5, 0.6) is 0 Å². The van der Waals surface area contributed by atoms with Crippen molar-refractivity contribution in [3.63, 3.8) is 0 Å². The third kappa shape index (κ3) is 38.8. The predicted molar refractivity (Wildman–Crippen MR) is 218 cm³/mol. The molecule has 0 atom stereocenters. The summed E-state index contributed by atoms with van der Waals surface area (Å²) in [5.41, 5.74) is 0. The van der Waals surface area contributed by atoms with Crippen LogP contribution in [0.1, 0.15) is 258 Å². The van der Waals surface area contributed by atoms with Crippen LogP contribution in [-0.4, -0.2) is 41.4 Å². The Morgan fingerprint density at radius 3 is 0.617 bits per heavy atom. The number of hydrogen-bond donors (Lipinski definition) is 0. The first-order valence-electron chi connectivity index (χ1n) is 22.7. The fourth-order valence-electron chi connectivity index (χ4n) is 7.74. The zero-order valence-corrected chi connectivity index (χ0v) is 34.6. The molecule has 0 aliphatic heterocycles. The minimum Gasteiger partial charge on any atom is -0.326 e. The molecule has 0 aromatic carbocycles. The van der Waals surface area contributed by atoms with Gasteiger partial charge in [0.1, 0.15) is 0 Å². The van der Waals surface area contributed by atoms with Crippen molar-refractivity contribution in [2.45, 2.75) is 264 Å². The first kappa shape index (κ1) is 47.2. The minimum atomic E-state index is 1.17. The molecule has 0 bridgehead atoms. The molecule has 0 saturated carbocycles. The van der Waals surface area contributed by atoms with E-state index in [1.807, 2.05) is 0 Å². The molecule has 0 aliphatic rings. The molecule has 0 N–H and O–H groups in total. The highest BCUT2D eigenvalue weighted by atomic mass is 28.1. The quantitative estimate of drug-likeness (QED) is 0.0343. The smallest absolute Gasteiger partial charge is 0.0784 e. The lowest BCUT2D eigenvalue weighted by molar-refractivity contribution is -0.910. The molecule has 0 aromatic rings. The number of rotatable bonds is 42. The standard InChI is InChI=1S/C45H93NSi/c1-4-6-8-10-12-14-16-18-20-22-24-26-28-30-32-34-36-38-42-46(3,44-40-41-45-47)43-39-37-35-33-31-29-27-25-23-21-19-17-15-13-11-9-7-5-2/h4-45H2,1-3H3/q+1. The SMILES string of the molecule is CCCCCCCCCCCCCCCCCCCC[N+](C)(CCCC[Si])CCCCCCCCCCCCCCCCCCCC. The van der Waals surface area contributed by atoms with E-state index >= 15 is 0 Å². The van der Waals surface area contributed by atoms with Crippen molar-refractivity contribution in [3.8, 4) is 0 Å². The lowest BCUT2D eigenvalue weighted by Gasteiger charge is -2.35. The Hall–Kier alpha value is 0.177. The maximum Gasteiger partial charge on any atom is 0.0784 e. The van der Waals surface area contributed by atoms with Gasteiger partial charge in [-0.2, -0.15) is 0 Å². The normalized spacial score (nSPS) is 12.0. The lowest BCUT2D eigenvalue weighted by Crippen LogP contribution is -2.46. The Morgan fingerprint density at radius 2 is 0.426 bits per heavy atom. The van der Waals surface area contributed by atoms with Crippen molar-refractivity contribution >= 4 is 10.2 Å². The average molecular weight is 676 g/mol. The van der Waals surface area contributed by atoms with E-state index in [2.05, 4.69) is 31.1 Å². The molecule has 0 aliphatic carbocycles. The molecule has 281 valence electrons. The summed E-state index contributed by atoms with van der Waals surface area (Å²) in [6.07, 6.45) is 55.6. The van der Waals surface area contributed by atoms with E-state index < -0.39 is 0 Å². The van der Waals surface area contributed by atoms with Crippen LogP contribution in [0.2, 0.25) is 6.04 Å². The zero-order valence-electron chi connectivity index (χ0n) is 33.6. The van der Waals surface area contributed by atoms with Crippen LogP contribution in [0.25, 0.3) is 0 Å². The number of quaternary nitrogens is 1. The third-order valence-electron chi connectivity index (χ3n) is 11.2. The van der Waals surface area contributed by atoms with Gasteiger partial charge in [0.05, 0.1) is 26.7 Å². The van der Waals surface area contributed by atoms with Crippen LogP contribution in [-0.2, 0) is 0 Å². The van der Waals surface area contributed by atoms with Gasteiger partial charge in [0.25, 0.3) is 0 Å². The van der Waals surface area contributed by atoms with Gasteiger partial charge in [0.2, 0.25) is 0 Å². The highest BCUT2D eigenvalue weighted by Crippen LogP contribution is 2.18. The molecule has 0 saturated heterocycles. The van der Waals surface area contributed by atoms with Crippen molar-refractivity contribution in [1.82, 2.24) is 0 Å². The summed E-state index contributed by atoms with van der Waals surface area (Å²) < 4.78 is 1.34. The van der Waals surface area contributed by atoms with E-state index in [4.69, 9.17) is 0 Å². The van der Waals surface area contributed by atoms with Crippen molar-refractivity contribution in [2.24, 2.45) is 0 Å². The lowest BCUT2D eigenvalue weighted by atomic mass is 10.0. The van der Waals surface area contributed by atoms with Crippen molar-refractivity contribution in [1.29, 1.82) is 0 Å². The van der Waals surface area contributed by atoms with Crippen molar-refractivity contribution < 1.29 is 4.48 Å². The second-order valence-corrected chi connectivity index (χ2v) is 16.8. The van der Waals surface area contributed by atoms with Gasteiger partial charge < -0.3 is 4.48 Å². The number of hydrogen-bond acceptors (Lipinski definition) is 0. The Balaban J connectivity index is 3.63. The van der Waals surface area contributed by atoms with Crippen LogP contribution in [0, 0.1) is 0 Å². The summed E-state index contributed by atoms with van der Waals surface area (Å²) in [7, 11) is 6.29. The van der Waals surface area contributed by atoms with Crippen LogP contribution >= 0.6 is 0 Å². The predicted octanol–water partition coefficient (Wildman–Crippen LogP) is 15.9. The van der Waals surface area contributed by atoms with E-state index in [1.165, 1.54) is 274 Å². The van der Waals surface area contributed by atoms with Gasteiger partial charge in [0, 0.05) is 10.2 Å². The molecule has 0 fully saturated rings. The summed E-state index contributed by atoms with van der Waals surface area (Å²) >= 11 is 0. The Kier molecular flexibility index (Phi) is 40.8. The maximum atomic E-state index is 3.72. The highest BCUT2D eigenvalue weighted by molar-refractivity contribution is 6.08. The Bertz CT molecular complexity index is 508. The van der Waals surface area contributed by atoms with Crippen LogP contribution in [0.4, 0.5) is 0 Å². The molecule has 0 heterocycles. The van der Waals surface area contributed by atoms with Crippen LogP contribution < -0.4 is 0 Å². The molecule has 3 radical (unpaired) electrons. The Morgan fingerprint density at radius 1 is 0.255 bits per heavy atom. The van der Waals surface area contributed by atoms with Gasteiger partial charge in [-0.1, -0.05) is 232 Å². The van der Waals surface area contributed by atoms with E-state index in [-0.39, 0.29) is 0 Å². The second-order valence-electron chi connectivity index (χ2n) is 16.3. The summed E-state index contributed by atoms with van der Waals surface area (Å²) in [5, 5.41) is 0. The average Bonchev–Trinajstić information content (AvgIpc) is 3.07. The van der Waals surface area contributed by atoms with Gasteiger partial charge in [-0.3, -0.25) is 0 Å². The molecule has 0 aromatic heterocycles. The molecular weight excluding hydrogens is 583 g/mol. The van der Waals surface area contributed by atoms with Crippen molar-refractivity contribution in [3.05, 3.63) is 0 Å². The fraction of sp³-hybridized carbons (Fsp3) is 1.00. The maximum absolute atomic E-state index is 3.72. The molecule has 47 heavy (non-hydrogen) atoms. The zero-order chi connectivity index (χ0) is 34.2. The van der Waals surface area contributed by atoms with Gasteiger partial charge >= 0.3 is 0 Å². The van der Waals surface area contributed by atoms with Crippen LogP contribution in [0.3, 0.4) is 0 Å². The van der Waals surface area contributed by atoms with E-state index in [0.29, 0.717) is 0 Å². The van der Waals surface area contributed by atoms with Crippen LogP contribution in [0.15, 0.2) is 0 Å². The van der Waals surface area contributed by atoms with Gasteiger partial charge in [0.15, 0.2) is 0 Å². The van der Waals surface area contributed by atoms with E-state index in [1.54, 1.807) is 0 Å². The first-order chi connectivity index (χ1) is 23.2. The summed E-state index contributed by atoms with van der Waals surface area (Å²) in [5.74, 6) is 0. The van der Waals surface area contributed by atoms with Crippen molar-refractivity contribution in [2.75, 3.05) is 26.7 Å². The highest BCUT2D eigenvalue weighted by Gasteiger charge is 2.20. The molecule has 0 spiro atoms. The molecule has 2 heteroatoms. The topological polar surface area (TPSA) is 0 Å². The summed E-state index contributed by atoms with van der Waals surface area (Å²) in [6, 6.07) is 1.17.